The van der Waals surface area contributed by atoms with E-state index in [1.54, 1.807) is 0 Å². The molecule has 0 unspecified atom stereocenters. The third-order valence-electron chi connectivity index (χ3n) is 2.91. The van der Waals surface area contributed by atoms with Crippen LogP contribution >= 0.6 is 0 Å². The van der Waals surface area contributed by atoms with Gasteiger partial charge in [0, 0.05) is 0 Å². The van der Waals surface area contributed by atoms with Gasteiger partial charge in [-0.2, -0.15) is 0 Å². The van der Waals surface area contributed by atoms with Crippen LogP contribution in [0.1, 0.15) is 11.1 Å². The van der Waals surface area contributed by atoms with Crippen LogP contribution in [0, 0.1) is 0 Å². The van der Waals surface area contributed by atoms with Crippen LogP contribution in [-0.2, 0) is 0 Å². The average molecular weight is 237 g/mol. The van der Waals surface area contributed by atoms with Crippen molar-refractivity contribution in [2.75, 3.05) is 0 Å². The number of benzene rings is 2. The molecule has 0 aromatic heterocycles. The van der Waals surface area contributed by atoms with E-state index in [0.29, 0.717) is 0 Å². The molecule has 0 N–H and O–H groups in total. The molecule has 0 saturated carbocycles. The molecule has 1 heteroatoms. The Morgan fingerprint density at radius 2 is 1.47 bits per heavy atom. The summed E-state index contributed by atoms with van der Waals surface area (Å²) < 4.78 is 0. The van der Waals surface area contributed by atoms with E-state index in [4.69, 9.17) is 0 Å². The molecule has 85 valence electrons. The molecule has 0 bridgehead atoms. The Labute approximate surface area is 105 Å². The maximum absolute atomic E-state index is 4.25. The van der Waals surface area contributed by atoms with E-state index < -0.39 is 8.80 Å². The second-order valence-electron chi connectivity index (χ2n) is 4.39. The minimum absolute atomic E-state index is 0.454. The summed E-state index contributed by atoms with van der Waals surface area (Å²) in [6, 6.07) is 19.0. The predicted octanol–water partition coefficient (Wildman–Crippen LogP) is 3.71. The van der Waals surface area contributed by atoms with Gasteiger partial charge in [0.15, 0.2) is 0 Å². The Morgan fingerprint density at radius 3 is 2.12 bits per heavy atom. The Morgan fingerprint density at radius 1 is 0.882 bits per heavy atom. The standard InChI is InChI=1S/C16H17Si/c1-13(14-9-5-4-6-10-14)15-11-7-8-12-16(15)17(2)3/h4-12H,1H2,2-3H3. The van der Waals surface area contributed by atoms with E-state index in [0.717, 1.165) is 5.57 Å². The van der Waals surface area contributed by atoms with Gasteiger partial charge in [-0.05, 0) is 16.7 Å². The second kappa shape index (κ2) is 5.15. The molecule has 2 aromatic carbocycles. The summed E-state index contributed by atoms with van der Waals surface area (Å²) >= 11 is 0. The molecule has 0 nitrogen and oxygen atoms in total. The van der Waals surface area contributed by atoms with Crippen molar-refractivity contribution in [1.82, 2.24) is 0 Å². The van der Waals surface area contributed by atoms with Gasteiger partial charge in [0.2, 0.25) is 0 Å². The van der Waals surface area contributed by atoms with Gasteiger partial charge in [-0.15, -0.1) is 0 Å². The highest BCUT2D eigenvalue weighted by Crippen LogP contribution is 2.20. The van der Waals surface area contributed by atoms with Crippen molar-refractivity contribution in [3.63, 3.8) is 0 Å². The summed E-state index contributed by atoms with van der Waals surface area (Å²) in [5.41, 5.74) is 3.65. The summed E-state index contributed by atoms with van der Waals surface area (Å²) in [6.07, 6.45) is 0. The molecule has 0 aliphatic carbocycles. The maximum atomic E-state index is 4.25. The third-order valence-corrected chi connectivity index (χ3v) is 4.43. The van der Waals surface area contributed by atoms with E-state index in [9.17, 15) is 0 Å². The summed E-state index contributed by atoms with van der Waals surface area (Å²) in [5, 5.41) is 1.46. The Kier molecular flexibility index (Phi) is 3.60. The first-order valence-corrected chi connectivity index (χ1v) is 8.34. The molecule has 0 saturated heterocycles. The molecule has 0 aliphatic rings. The third kappa shape index (κ3) is 2.56. The van der Waals surface area contributed by atoms with E-state index in [2.05, 4.69) is 68.2 Å². The topological polar surface area (TPSA) is 0 Å². The van der Waals surface area contributed by atoms with Crippen molar-refractivity contribution in [2.45, 2.75) is 13.1 Å². The molecule has 2 aromatic rings. The lowest BCUT2D eigenvalue weighted by atomic mass is 10.00. The molecule has 0 heterocycles. The van der Waals surface area contributed by atoms with Crippen molar-refractivity contribution < 1.29 is 0 Å². The van der Waals surface area contributed by atoms with Gasteiger partial charge in [0.05, 0.1) is 8.80 Å². The van der Waals surface area contributed by atoms with E-state index in [-0.39, 0.29) is 0 Å². The molecule has 17 heavy (non-hydrogen) atoms. The van der Waals surface area contributed by atoms with E-state index in [1.165, 1.54) is 16.3 Å². The highest BCUT2D eigenvalue weighted by molar-refractivity contribution is 6.71. The van der Waals surface area contributed by atoms with E-state index in [1.807, 2.05) is 6.07 Å². The molecule has 0 amide bonds. The first kappa shape index (κ1) is 11.9. The maximum Gasteiger partial charge on any atom is 0.0799 e. The minimum Gasteiger partial charge on any atom is -0.0906 e. The van der Waals surface area contributed by atoms with Crippen LogP contribution in [0.4, 0.5) is 0 Å². The Bertz CT molecular complexity index is 512. The fourth-order valence-corrected chi connectivity index (χ4v) is 3.18. The van der Waals surface area contributed by atoms with Crippen molar-refractivity contribution in [2.24, 2.45) is 0 Å². The Hall–Kier alpha value is -1.60. The normalized spacial score (nSPS) is 10.5. The molecule has 2 rings (SSSR count). The van der Waals surface area contributed by atoms with Gasteiger partial charge in [-0.3, -0.25) is 0 Å². The lowest BCUT2D eigenvalue weighted by Crippen LogP contribution is -2.26. The van der Waals surface area contributed by atoms with Crippen LogP contribution in [-0.4, -0.2) is 8.80 Å². The second-order valence-corrected chi connectivity index (χ2v) is 6.93. The largest absolute Gasteiger partial charge is 0.0906 e. The SMILES string of the molecule is C=C(c1ccccc1)c1ccccc1[Si](C)C. The average Bonchev–Trinajstić information content (AvgIpc) is 2.39. The van der Waals surface area contributed by atoms with Crippen molar-refractivity contribution in [3.05, 3.63) is 72.3 Å². The van der Waals surface area contributed by atoms with Gasteiger partial charge in [0.1, 0.15) is 0 Å². The molecule has 0 spiro atoms. The predicted molar refractivity (Wildman–Crippen MR) is 78.1 cm³/mol. The number of hydrogen-bond acceptors (Lipinski definition) is 0. The fourth-order valence-electron chi connectivity index (χ4n) is 1.98. The first-order valence-electron chi connectivity index (χ1n) is 5.84. The lowest BCUT2D eigenvalue weighted by Gasteiger charge is -2.14. The van der Waals surface area contributed by atoms with Crippen molar-refractivity contribution in [3.8, 4) is 0 Å². The van der Waals surface area contributed by atoms with Crippen LogP contribution < -0.4 is 5.19 Å². The molecule has 0 aliphatic heterocycles. The van der Waals surface area contributed by atoms with Crippen molar-refractivity contribution >= 4 is 19.6 Å². The number of rotatable bonds is 3. The zero-order chi connectivity index (χ0) is 12.3. The summed E-state index contributed by atoms with van der Waals surface area (Å²) in [5.74, 6) is 0. The monoisotopic (exact) mass is 237 g/mol. The molecule has 0 fully saturated rings. The van der Waals surface area contributed by atoms with Gasteiger partial charge < -0.3 is 0 Å². The smallest absolute Gasteiger partial charge is 0.0799 e. The summed E-state index contributed by atoms with van der Waals surface area (Å²) in [7, 11) is -0.454. The fraction of sp³-hybridized carbons (Fsp3) is 0.125. The van der Waals surface area contributed by atoms with Crippen molar-refractivity contribution in [1.29, 1.82) is 0 Å². The molecule has 1 radical (unpaired) electrons. The van der Waals surface area contributed by atoms with Crippen LogP contribution in [0.3, 0.4) is 0 Å². The Balaban J connectivity index is 2.45. The number of hydrogen-bond donors (Lipinski definition) is 0. The zero-order valence-electron chi connectivity index (χ0n) is 10.4. The van der Waals surface area contributed by atoms with Crippen LogP contribution in [0.2, 0.25) is 13.1 Å². The molecule has 0 atom stereocenters. The zero-order valence-corrected chi connectivity index (χ0v) is 11.4. The quantitative estimate of drug-likeness (QED) is 0.714. The first-order chi connectivity index (χ1) is 8.20. The van der Waals surface area contributed by atoms with Gasteiger partial charge >= 0.3 is 0 Å². The molecular weight excluding hydrogens is 220 g/mol. The minimum atomic E-state index is -0.454. The lowest BCUT2D eigenvalue weighted by molar-refractivity contribution is 1.57. The highest BCUT2D eigenvalue weighted by Gasteiger charge is 2.10. The summed E-state index contributed by atoms with van der Waals surface area (Å²) in [4.78, 5) is 0. The van der Waals surface area contributed by atoms with Gasteiger partial charge in [0.25, 0.3) is 0 Å². The van der Waals surface area contributed by atoms with Gasteiger partial charge in [-0.1, -0.05) is 79.5 Å². The molecular formula is C16H17Si. The highest BCUT2D eigenvalue weighted by atomic mass is 28.3. The van der Waals surface area contributed by atoms with Crippen LogP contribution in [0.5, 0.6) is 0 Å². The van der Waals surface area contributed by atoms with E-state index >= 15 is 0 Å². The van der Waals surface area contributed by atoms with Crippen LogP contribution in [0.15, 0.2) is 61.2 Å². The summed E-state index contributed by atoms with van der Waals surface area (Å²) in [6.45, 7) is 8.90. The van der Waals surface area contributed by atoms with Crippen LogP contribution in [0.25, 0.3) is 5.57 Å². The van der Waals surface area contributed by atoms with Gasteiger partial charge in [-0.25, -0.2) is 0 Å².